The van der Waals surface area contributed by atoms with Crippen molar-refractivity contribution in [2.24, 2.45) is 0 Å². The second-order valence-corrected chi connectivity index (χ2v) is 4.33. The van der Waals surface area contributed by atoms with E-state index in [1.807, 2.05) is 0 Å². The summed E-state index contributed by atoms with van der Waals surface area (Å²) in [5, 5.41) is 5.91. The molecular formula is C13H18ClFN2O3. The van der Waals surface area contributed by atoms with Crippen molar-refractivity contribution in [2.75, 3.05) is 32.2 Å². The molecule has 0 saturated carbocycles. The van der Waals surface area contributed by atoms with Gasteiger partial charge in [-0.15, -0.1) is 12.4 Å². The van der Waals surface area contributed by atoms with Gasteiger partial charge in [-0.05, 0) is 12.1 Å². The van der Waals surface area contributed by atoms with Crippen molar-refractivity contribution in [1.29, 1.82) is 0 Å². The molecular weight excluding hydrogens is 287 g/mol. The van der Waals surface area contributed by atoms with Crippen LogP contribution in [0.15, 0.2) is 18.2 Å². The quantitative estimate of drug-likeness (QED) is 0.886. The lowest BCUT2D eigenvalue weighted by molar-refractivity contribution is -0.117. The molecule has 20 heavy (non-hydrogen) atoms. The monoisotopic (exact) mass is 304 g/mol. The van der Waals surface area contributed by atoms with E-state index in [1.165, 1.54) is 25.3 Å². The largest absolute Gasteiger partial charge is 0.494 e. The Morgan fingerprint density at radius 2 is 2.40 bits per heavy atom. The molecule has 2 N–H and O–H groups in total. The summed E-state index contributed by atoms with van der Waals surface area (Å²) in [6.45, 7) is 1.95. The molecule has 1 aliphatic rings. The minimum atomic E-state index is -0.456. The van der Waals surface area contributed by atoms with Crippen molar-refractivity contribution in [3.05, 3.63) is 24.0 Å². The molecule has 7 heteroatoms. The molecule has 1 aromatic rings. The highest BCUT2D eigenvalue weighted by Gasteiger charge is 2.17. The topological polar surface area (TPSA) is 59.6 Å². The van der Waals surface area contributed by atoms with Crippen LogP contribution in [0.4, 0.5) is 10.1 Å². The van der Waals surface area contributed by atoms with Gasteiger partial charge >= 0.3 is 0 Å². The van der Waals surface area contributed by atoms with Gasteiger partial charge in [-0.25, -0.2) is 4.39 Å². The van der Waals surface area contributed by atoms with Gasteiger partial charge in [-0.2, -0.15) is 0 Å². The SMILES string of the molecule is COc1cc(NC(=O)CC2COCCN2)ccc1F.Cl. The van der Waals surface area contributed by atoms with E-state index in [2.05, 4.69) is 10.6 Å². The van der Waals surface area contributed by atoms with Gasteiger partial charge in [0.25, 0.3) is 0 Å². The van der Waals surface area contributed by atoms with Crippen LogP contribution < -0.4 is 15.4 Å². The molecule has 0 spiro atoms. The van der Waals surface area contributed by atoms with Crippen LogP contribution in [-0.4, -0.2) is 38.8 Å². The molecule has 1 aliphatic heterocycles. The van der Waals surface area contributed by atoms with Crippen LogP contribution >= 0.6 is 12.4 Å². The fourth-order valence-corrected chi connectivity index (χ4v) is 1.92. The number of carbonyl (C=O) groups is 1. The van der Waals surface area contributed by atoms with E-state index in [4.69, 9.17) is 9.47 Å². The van der Waals surface area contributed by atoms with E-state index in [-0.39, 0.29) is 30.1 Å². The first kappa shape index (κ1) is 16.7. The van der Waals surface area contributed by atoms with Gasteiger partial charge in [-0.1, -0.05) is 0 Å². The number of hydrogen-bond donors (Lipinski definition) is 2. The van der Waals surface area contributed by atoms with Crippen molar-refractivity contribution in [3.63, 3.8) is 0 Å². The van der Waals surface area contributed by atoms with Gasteiger partial charge in [-0.3, -0.25) is 4.79 Å². The summed E-state index contributed by atoms with van der Waals surface area (Å²) in [6, 6.07) is 4.24. The first-order valence-electron chi connectivity index (χ1n) is 6.13. The molecule has 5 nitrogen and oxygen atoms in total. The van der Waals surface area contributed by atoms with Crippen molar-refractivity contribution in [3.8, 4) is 5.75 Å². The lowest BCUT2D eigenvalue weighted by Crippen LogP contribution is -2.43. The zero-order chi connectivity index (χ0) is 13.7. The highest BCUT2D eigenvalue weighted by atomic mass is 35.5. The van der Waals surface area contributed by atoms with E-state index in [1.54, 1.807) is 0 Å². The molecule has 0 radical (unpaired) electrons. The molecule has 1 amide bonds. The van der Waals surface area contributed by atoms with E-state index in [9.17, 15) is 9.18 Å². The Morgan fingerprint density at radius 3 is 3.05 bits per heavy atom. The zero-order valence-corrected chi connectivity index (χ0v) is 12.0. The van der Waals surface area contributed by atoms with Crippen LogP contribution in [0.5, 0.6) is 5.75 Å². The number of carbonyl (C=O) groups excluding carboxylic acids is 1. The van der Waals surface area contributed by atoms with E-state index in [0.717, 1.165) is 6.54 Å². The smallest absolute Gasteiger partial charge is 0.226 e. The summed E-state index contributed by atoms with van der Waals surface area (Å²) in [7, 11) is 1.38. The minimum Gasteiger partial charge on any atom is -0.494 e. The van der Waals surface area contributed by atoms with Gasteiger partial charge in [0.05, 0.1) is 20.3 Å². The first-order chi connectivity index (χ1) is 9.19. The molecule has 1 heterocycles. The number of anilines is 1. The van der Waals surface area contributed by atoms with Crippen LogP contribution in [0.1, 0.15) is 6.42 Å². The Balaban J connectivity index is 0.00000200. The molecule has 1 unspecified atom stereocenters. The fourth-order valence-electron chi connectivity index (χ4n) is 1.92. The molecule has 2 rings (SSSR count). The summed E-state index contributed by atoms with van der Waals surface area (Å²) in [6.07, 6.45) is 0.319. The highest BCUT2D eigenvalue weighted by Crippen LogP contribution is 2.21. The number of methoxy groups -OCH3 is 1. The van der Waals surface area contributed by atoms with Gasteiger partial charge in [0.15, 0.2) is 11.6 Å². The summed E-state index contributed by atoms with van der Waals surface area (Å²) in [5.41, 5.74) is 0.514. The number of rotatable bonds is 4. The highest BCUT2D eigenvalue weighted by molar-refractivity contribution is 5.91. The average Bonchev–Trinajstić information content (AvgIpc) is 2.42. The predicted molar refractivity (Wildman–Crippen MR) is 76.1 cm³/mol. The Morgan fingerprint density at radius 1 is 1.60 bits per heavy atom. The third-order valence-corrected chi connectivity index (χ3v) is 2.87. The molecule has 0 aliphatic carbocycles. The number of hydrogen-bond acceptors (Lipinski definition) is 4. The number of benzene rings is 1. The molecule has 112 valence electrons. The Bertz CT molecular complexity index is 453. The second-order valence-electron chi connectivity index (χ2n) is 4.33. The number of ether oxygens (including phenoxy) is 2. The third kappa shape index (κ3) is 4.63. The Hall–Kier alpha value is -1.37. The predicted octanol–water partition coefficient (Wildman–Crippen LogP) is 1.57. The maximum Gasteiger partial charge on any atom is 0.226 e. The van der Waals surface area contributed by atoms with Crippen molar-refractivity contribution in [1.82, 2.24) is 5.32 Å². The van der Waals surface area contributed by atoms with Crippen LogP contribution in [0.3, 0.4) is 0 Å². The van der Waals surface area contributed by atoms with Crippen LogP contribution in [0.2, 0.25) is 0 Å². The summed E-state index contributed by atoms with van der Waals surface area (Å²) >= 11 is 0. The zero-order valence-electron chi connectivity index (χ0n) is 11.1. The van der Waals surface area contributed by atoms with E-state index >= 15 is 0 Å². The summed E-state index contributed by atoms with van der Waals surface area (Å²) < 4.78 is 23.3. The standard InChI is InChI=1S/C13H17FN2O3.ClH/c1-18-12-6-9(2-3-11(12)14)16-13(17)7-10-8-19-5-4-15-10;/h2-3,6,10,15H,4-5,7-8H2,1H3,(H,16,17);1H. The molecule has 1 fully saturated rings. The third-order valence-electron chi connectivity index (χ3n) is 2.87. The second kappa shape index (κ2) is 8.04. The number of nitrogens with one attached hydrogen (secondary N) is 2. The van der Waals surface area contributed by atoms with Crippen molar-refractivity contribution < 1.29 is 18.7 Å². The first-order valence-corrected chi connectivity index (χ1v) is 6.13. The summed E-state index contributed by atoms with van der Waals surface area (Å²) in [4.78, 5) is 11.8. The lowest BCUT2D eigenvalue weighted by Gasteiger charge is -2.23. The molecule has 1 aromatic carbocycles. The van der Waals surface area contributed by atoms with Crippen molar-refractivity contribution >= 4 is 24.0 Å². The molecule has 0 aromatic heterocycles. The van der Waals surface area contributed by atoms with Crippen LogP contribution in [-0.2, 0) is 9.53 Å². The van der Waals surface area contributed by atoms with E-state index in [0.29, 0.717) is 25.3 Å². The Labute approximate surface area is 123 Å². The minimum absolute atomic E-state index is 0. The number of amides is 1. The molecule has 1 atom stereocenters. The van der Waals surface area contributed by atoms with Crippen LogP contribution in [0.25, 0.3) is 0 Å². The van der Waals surface area contributed by atoms with E-state index < -0.39 is 5.82 Å². The van der Waals surface area contributed by atoms with Gasteiger partial charge < -0.3 is 20.1 Å². The van der Waals surface area contributed by atoms with Crippen molar-refractivity contribution in [2.45, 2.75) is 12.5 Å². The average molecular weight is 305 g/mol. The van der Waals surface area contributed by atoms with Crippen LogP contribution in [0, 0.1) is 5.82 Å². The number of morpholine rings is 1. The van der Waals surface area contributed by atoms with Gasteiger partial charge in [0.1, 0.15) is 0 Å². The normalized spacial score (nSPS) is 18.0. The maximum atomic E-state index is 13.2. The number of halogens is 2. The van der Waals surface area contributed by atoms with Gasteiger partial charge in [0.2, 0.25) is 5.91 Å². The lowest BCUT2D eigenvalue weighted by atomic mass is 10.2. The van der Waals surface area contributed by atoms with Gasteiger partial charge in [0, 0.05) is 30.8 Å². The molecule has 1 saturated heterocycles. The summed E-state index contributed by atoms with van der Waals surface area (Å²) in [5.74, 6) is -0.489. The maximum absolute atomic E-state index is 13.2. The Kier molecular flexibility index (Phi) is 6.70. The molecule has 0 bridgehead atoms. The fraction of sp³-hybridized carbons (Fsp3) is 0.462.